The lowest BCUT2D eigenvalue weighted by atomic mass is 10.1. The number of carbonyl (C=O) groups is 2. The minimum absolute atomic E-state index is 0.0903. The SMILES string of the molecule is Nc1c2c(cc(=O)n1-c1cc(O)ccc1O)C(=O)NC2=O. The van der Waals surface area contributed by atoms with Gasteiger partial charge in [-0.25, -0.2) is 0 Å². The van der Waals surface area contributed by atoms with Gasteiger partial charge in [0.15, 0.2) is 0 Å². The van der Waals surface area contributed by atoms with E-state index in [1.165, 1.54) is 12.1 Å². The number of nitrogens with zero attached hydrogens (tertiary/aromatic N) is 1. The Morgan fingerprint density at radius 3 is 2.48 bits per heavy atom. The summed E-state index contributed by atoms with van der Waals surface area (Å²) in [6.45, 7) is 0. The number of aromatic nitrogens is 1. The number of aromatic hydroxyl groups is 2. The molecule has 1 aliphatic heterocycles. The van der Waals surface area contributed by atoms with Gasteiger partial charge in [0, 0.05) is 12.1 Å². The van der Waals surface area contributed by atoms with E-state index in [9.17, 15) is 24.6 Å². The maximum Gasteiger partial charge on any atom is 0.262 e. The van der Waals surface area contributed by atoms with Gasteiger partial charge in [-0.1, -0.05) is 0 Å². The van der Waals surface area contributed by atoms with Gasteiger partial charge >= 0.3 is 0 Å². The first-order chi connectivity index (χ1) is 9.90. The van der Waals surface area contributed by atoms with Crippen LogP contribution in [0.25, 0.3) is 5.69 Å². The van der Waals surface area contributed by atoms with E-state index in [1.54, 1.807) is 0 Å². The number of rotatable bonds is 1. The molecule has 2 amide bonds. The standard InChI is InChI=1S/C13H9N3O5/c14-11-10-6(12(20)15-13(10)21)4-9(19)16(11)7-3-5(17)1-2-8(7)18/h1-4,17-18H,14H2,(H,15,20,21). The fraction of sp³-hybridized carbons (Fsp3) is 0. The molecule has 21 heavy (non-hydrogen) atoms. The van der Waals surface area contributed by atoms with E-state index < -0.39 is 17.4 Å². The second kappa shape index (κ2) is 4.10. The number of fused-ring (bicyclic) bond motifs is 1. The molecule has 0 unspecified atom stereocenters. The topological polar surface area (TPSA) is 135 Å². The van der Waals surface area contributed by atoms with Crippen LogP contribution in [0.2, 0.25) is 0 Å². The number of phenols is 2. The predicted octanol–water partition coefficient (Wildman–Crippen LogP) is -0.286. The Labute approximate surface area is 117 Å². The summed E-state index contributed by atoms with van der Waals surface area (Å²) in [7, 11) is 0. The van der Waals surface area contributed by atoms with Gasteiger partial charge in [0.2, 0.25) is 0 Å². The number of anilines is 1. The number of amides is 2. The van der Waals surface area contributed by atoms with Gasteiger partial charge in [-0.05, 0) is 12.1 Å². The largest absolute Gasteiger partial charge is 0.508 e. The molecule has 0 saturated carbocycles. The molecule has 0 atom stereocenters. The highest BCUT2D eigenvalue weighted by atomic mass is 16.3. The van der Waals surface area contributed by atoms with Crippen LogP contribution in [-0.2, 0) is 0 Å². The van der Waals surface area contributed by atoms with Crippen LogP contribution in [0.4, 0.5) is 5.82 Å². The van der Waals surface area contributed by atoms with Crippen LogP contribution in [0.15, 0.2) is 29.1 Å². The van der Waals surface area contributed by atoms with Crippen molar-refractivity contribution in [3.05, 3.63) is 45.7 Å². The van der Waals surface area contributed by atoms with Crippen molar-refractivity contribution in [1.29, 1.82) is 0 Å². The fourth-order valence-electron chi connectivity index (χ4n) is 2.22. The van der Waals surface area contributed by atoms with Gasteiger partial charge in [0.05, 0.1) is 16.8 Å². The smallest absolute Gasteiger partial charge is 0.262 e. The third kappa shape index (κ3) is 1.73. The summed E-state index contributed by atoms with van der Waals surface area (Å²) >= 11 is 0. The highest BCUT2D eigenvalue weighted by Gasteiger charge is 2.32. The van der Waals surface area contributed by atoms with Crippen LogP contribution in [0.1, 0.15) is 20.7 Å². The number of hydrogen-bond acceptors (Lipinski definition) is 6. The van der Waals surface area contributed by atoms with Crippen molar-refractivity contribution >= 4 is 17.6 Å². The molecule has 1 aliphatic rings. The number of carbonyl (C=O) groups excluding carboxylic acids is 2. The molecule has 2 heterocycles. The molecule has 2 aromatic rings. The fourth-order valence-corrected chi connectivity index (χ4v) is 2.22. The lowest BCUT2D eigenvalue weighted by Crippen LogP contribution is -2.24. The first-order valence-corrected chi connectivity index (χ1v) is 5.83. The molecule has 0 saturated heterocycles. The lowest BCUT2D eigenvalue weighted by molar-refractivity contribution is 0.0880. The normalized spacial score (nSPS) is 13.1. The average Bonchev–Trinajstić information content (AvgIpc) is 2.68. The summed E-state index contributed by atoms with van der Waals surface area (Å²) in [6, 6.07) is 4.47. The molecule has 5 N–H and O–H groups in total. The molecule has 0 radical (unpaired) electrons. The van der Waals surface area contributed by atoms with E-state index in [4.69, 9.17) is 5.73 Å². The van der Waals surface area contributed by atoms with Crippen molar-refractivity contribution in [3.63, 3.8) is 0 Å². The number of benzene rings is 1. The van der Waals surface area contributed by atoms with Gasteiger partial charge in [-0.15, -0.1) is 0 Å². The summed E-state index contributed by atoms with van der Waals surface area (Å²) < 4.78 is 0.853. The van der Waals surface area contributed by atoms with Crippen LogP contribution in [0.3, 0.4) is 0 Å². The number of nitrogens with one attached hydrogen (secondary N) is 1. The predicted molar refractivity (Wildman–Crippen MR) is 71.6 cm³/mol. The van der Waals surface area contributed by atoms with Crippen LogP contribution in [0, 0.1) is 0 Å². The minimum Gasteiger partial charge on any atom is -0.508 e. The Hall–Kier alpha value is -3.29. The molecule has 0 bridgehead atoms. The second-order valence-electron chi connectivity index (χ2n) is 4.45. The molecule has 0 spiro atoms. The number of hydrogen-bond donors (Lipinski definition) is 4. The van der Waals surface area contributed by atoms with Crippen LogP contribution < -0.4 is 16.6 Å². The molecule has 1 aromatic carbocycles. The Bertz CT molecular complexity index is 869. The van der Waals surface area contributed by atoms with E-state index in [1.807, 2.05) is 5.32 Å². The highest BCUT2D eigenvalue weighted by Crippen LogP contribution is 2.29. The van der Waals surface area contributed by atoms with Crippen molar-refractivity contribution in [1.82, 2.24) is 9.88 Å². The van der Waals surface area contributed by atoms with Crippen molar-refractivity contribution < 1.29 is 19.8 Å². The molecule has 1 aromatic heterocycles. The van der Waals surface area contributed by atoms with Crippen molar-refractivity contribution in [2.75, 3.05) is 5.73 Å². The summed E-state index contributed by atoms with van der Waals surface area (Å²) in [5, 5.41) is 21.3. The Morgan fingerprint density at radius 1 is 1.05 bits per heavy atom. The van der Waals surface area contributed by atoms with Gasteiger partial charge in [-0.3, -0.25) is 24.3 Å². The zero-order chi connectivity index (χ0) is 15.3. The number of imide groups is 1. The number of nitrogens with two attached hydrogens (primary N) is 1. The molecular weight excluding hydrogens is 278 g/mol. The van der Waals surface area contributed by atoms with E-state index in [0.717, 1.165) is 16.7 Å². The summed E-state index contributed by atoms with van der Waals surface area (Å²) in [4.78, 5) is 35.3. The van der Waals surface area contributed by atoms with Crippen molar-refractivity contribution in [3.8, 4) is 17.2 Å². The second-order valence-corrected chi connectivity index (χ2v) is 4.45. The average molecular weight is 287 g/mol. The zero-order valence-electron chi connectivity index (χ0n) is 10.5. The summed E-state index contributed by atoms with van der Waals surface area (Å²) in [5.74, 6) is -2.23. The van der Waals surface area contributed by atoms with Crippen LogP contribution in [0.5, 0.6) is 11.5 Å². The number of nitrogen functional groups attached to an aromatic ring is 1. The maximum atomic E-state index is 12.1. The third-order valence-electron chi connectivity index (χ3n) is 3.15. The van der Waals surface area contributed by atoms with Crippen LogP contribution >= 0.6 is 0 Å². The van der Waals surface area contributed by atoms with E-state index in [-0.39, 0.29) is 34.1 Å². The number of phenolic OH excluding ortho intramolecular Hbond substituents is 2. The Balaban J connectivity index is 2.38. The summed E-state index contributed by atoms with van der Waals surface area (Å²) in [6.07, 6.45) is 0. The molecular formula is C13H9N3O5. The highest BCUT2D eigenvalue weighted by molar-refractivity contribution is 6.23. The Morgan fingerprint density at radius 2 is 1.76 bits per heavy atom. The summed E-state index contributed by atoms with van der Waals surface area (Å²) in [5.41, 5.74) is 4.75. The van der Waals surface area contributed by atoms with Crippen molar-refractivity contribution in [2.45, 2.75) is 0 Å². The Kier molecular flexibility index (Phi) is 2.49. The molecule has 0 aliphatic carbocycles. The van der Waals surface area contributed by atoms with E-state index >= 15 is 0 Å². The van der Waals surface area contributed by atoms with E-state index in [0.29, 0.717) is 0 Å². The first kappa shape index (κ1) is 12.7. The quantitative estimate of drug-likeness (QED) is 0.420. The molecule has 3 rings (SSSR count). The maximum absolute atomic E-state index is 12.1. The molecule has 0 fully saturated rings. The van der Waals surface area contributed by atoms with Crippen LogP contribution in [-0.4, -0.2) is 26.6 Å². The molecule has 106 valence electrons. The third-order valence-corrected chi connectivity index (χ3v) is 3.15. The monoisotopic (exact) mass is 287 g/mol. The van der Waals surface area contributed by atoms with Gasteiger partial charge < -0.3 is 15.9 Å². The molecule has 8 heteroatoms. The van der Waals surface area contributed by atoms with E-state index in [2.05, 4.69) is 0 Å². The van der Waals surface area contributed by atoms with Gasteiger partial charge in [-0.2, -0.15) is 0 Å². The van der Waals surface area contributed by atoms with Crippen molar-refractivity contribution in [2.24, 2.45) is 0 Å². The molecule has 8 nitrogen and oxygen atoms in total. The van der Waals surface area contributed by atoms with Gasteiger partial charge in [0.25, 0.3) is 17.4 Å². The van der Waals surface area contributed by atoms with Gasteiger partial charge in [0.1, 0.15) is 17.3 Å². The first-order valence-electron chi connectivity index (χ1n) is 5.83. The zero-order valence-corrected chi connectivity index (χ0v) is 10.5. The lowest BCUT2D eigenvalue weighted by Gasteiger charge is -2.13. The number of pyridine rings is 1. The minimum atomic E-state index is -0.721.